The number of alkyl halides is 3. The van der Waals surface area contributed by atoms with Crippen LogP contribution in [-0.4, -0.2) is 24.0 Å². The largest absolute Gasteiger partial charge is 0.416 e. The van der Waals surface area contributed by atoms with Gasteiger partial charge >= 0.3 is 12.2 Å². The van der Waals surface area contributed by atoms with Crippen LogP contribution in [0.1, 0.15) is 25.8 Å². The SMILES string of the molecule is CC1(C)CCN(C(=O)Nc2ccc(C(F)(F)F)cc2)C1. The van der Waals surface area contributed by atoms with Crippen LogP contribution in [-0.2, 0) is 6.18 Å². The van der Waals surface area contributed by atoms with Crippen LogP contribution in [0, 0.1) is 5.41 Å². The maximum atomic E-state index is 12.4. The average molecular weight is 286 g/mol. The fourth-order valence-corrected chi connectivity index (χ4v) is 2.23. The molecule has 0 spiro atoms. The molecule has 1 heterocycles. The topological polar surface area (TPSA) is 32.3 Å². The van der Waals surface area contributed by atoms with Gasteiger partial charge in [0.25, 0.3) is 0 Å². The maximum absolute atomic E-state index is 12.4. The molecule has 1 fully saturated rings. The van der Waals surface area contributed by atoms with E-state index in [0.717, 1.165) is 18.6 Å². The molecule has 1 aliphatic heterocycles. The monoisotopic (exact) mass is 286 g/mol. The van der Waals surface area contributed by atoms with Gasteiger partial charge in [-0.15, -0.1) is 0 Å². The third-order valence-corrected chi connectivity index (χ3v) is 3.43. The number of benzene rings is 1. The van der Waals surface area contributed by atoms with Crippen molar-refractivity contribution >= 4 is 11.7 Å². The molecule has 3 nitrogen and oxygen atoms in total. The standard InChI is InChI=1S/C14H17F3N2O/c1-13(2)7-8-19(9-13)12(20)18-11-5-3-10(4-6-11)14(15,16)17/h3-6H,7-9H2,1-2H3,(H,18,20). The number of urea groups is 1. The fraction of sp³-hybridized carbons (Fsp3) is 0.500. The van der Waals surface area contributed by atoms with E-state index in [2.05, 4.69) is 19.2 Å². The second kappa shape index (κ2) is 5.00. The van der Waals surface area contributed by atoms with E-state index in [9.17, 15) is 18.0 Å². The quantitative estimate of drug-likeness (QED) is 0.832. The van der Waals surface area contributed by atoms with Crippen molar-refractivity contribution in [1.29, 1.82) is 0 Å². The summed E-state index contributed by atoms with van der Waals surface area (Å²) < 4.78 is 37.3. The predicted molar refractivity (Wildman–Crippen MR) is 70.4 cm³/mol. The lowest BCUT2D eigenvalue weighted by molar-refractivity contribution is -0.137. The number of likely N-dealkylation sites (tertiary alicyclic amines) is 1. The average Bonchev–Trinajstić information content (AvgIpc) is 2.69. The van der Waals surface area contributed by atoms with Crippen molar-refractivity contribution < 1.29 is 18.0 Å². The third-order valence-electron chi connectivity index (χ3n) is 3.43. The highest BCUT2D eigenvalue weighted by Crippen LogP contribution is 2.31. The highest BCUT2D eigenvalue weighted by atomic mass is 19.4. The van der Waals surface area contributed by atoms with Crippen molar-refractivity contribution in [3.05, 3.63) is 29.8 Å². The van der Waals surface area contributed by atoms with E-state index < -0.39 is 11.7 Å². The van der Waals surface area contributed by atoms with E-state index in [1.54, 1.807) is 4.90 Å². The number of nitrogens with one attached hydrogen (secondary N) is 1. The molecular formula is C14H17F3N2O. The summed E-state index contributed by atoms with van der Waals surface area (Å²) in [4.78, 5) is 13.7. The molecular weight excluding hydrogens is 269 g/mol. The molecule has 0 aliphatic carbocycles. The van der Waals surface area contributed by atoms with Gasteiger partial charge in [0.15, 0.2) is 0 Å². The first-order chi connectivity index (χ1) is 9.17. The lowest BCUT2D eigenvalue weighted by Crippen LogP contribution is -2.34. The molecule has 0 radical (unpaired) electrons. The first kappa shape index (κ1) is 14.7. The Morgan fingerprint density at radius 2 is 1.85 bits per heavy atom. The Labute approximate surface area is 115 Å². The molecule has 1 N–H and O–H groups in total. The number of hydrogen-bond donors (Lipinski definition) is 1. The van der Waals surface area contributed by atoms with Crippen molar-refractivity contribution in [2.24, 2.45) is 5.41 Å². The van der Waals surface area contributed by atoms with Crippen LogP contribution in [0.25, 0.3) is 0 Å². The number of carbonyl (C=O) groups is 1. The van der Waals surface area contributed by atoms with E-state index in [-0.39, 0.29) is 11.4 Å². The molecule has 1 saturated heterocycles. The lowest BCUT2D eigenvalue weighted by Gasteiger charge is -2.20. The van der Waals surface area contributed by atoms with Gasteiger partial charge in [0.05, 0.1) is 5.56 Å². The van der Waals surface area contributed by atoms with E-state index in [4.69, 9.17) is 0 Å². The highest BCUT2D eigenvalue weighted by Gasteiger charge is 2.32. The molecule has 0 unspecified atom stereocenters. The molecule has 6 heteroatoms. The minimum atomic E-state index is -4.36. The molecule has 1 aliphatic rings. The minimum absolute atomic E-state index is 0.0947. The second-order valence-corrected chi connectivity index (χ2v) is 5.84. The van der Waals surface area contributed by atoms with E-state index >= 15 is 0 Å². The summed E-state index contributed by atoms with van der Waals surface area (Å²) in [6.45, 7) is 5.48. The summed E-state index contributed by atoms with van der Waals surface area (Å²) in [6, 6.07) is 4.19. The molecule has 2 rings (SSSR count). The number of anilines is 1. The molecule has 110 valence electrons. The zero-order valence-electron chi connectivity index (χ0n) is 11.4. The third kappa shape index (κ3) is 3.43. The van der Waals surface area contributed by atoms with Gasteiger partial charge in [-0.05, 0) is 36.1 Å². The molecule has 0 saturated carbocycles. The zero-order chi connectivity index (χ0) is 15.0. The summed E-state index contributed by atoms with van der Waals surface area (Å²) in [5, 5.41) is 2.62. The summed E-state index contributed by atoms with van der Waals surface area (Å²) in [5.41, 5.74) is -0.261. The number of carbonyl (C=O) groups excluding carboxylic acids is 1. The van der Waals surface area contributed by atoms with Gasteiger partial charge in [0.2, 0.25) is 0 Å². The number of halogens is 3. The fourth-order valence-electron chi connectivity index (χ4n) is 2.23. The van der Waals surface area contributed by atoms with Crippen LogP contribution in [0.2, 0.25) is 0 Å². The lowest BCUT2D eigenvalue weighted by atomic mass is 9.93. The molecule has 0 aromatic heterocycles. The van der Waals surface area contributed by atoms with Crippen molar-refractivity contribution in [3.8, 4) is 0 Å². The van der Waals surface area contributed by atoms with Crippen LogP contribution in [0.4, 0.5) is 23.7 Å². The molecule has 20 heavy (non-hydrogen) atoms. The predicted octanol–water partition coefficient (Wildman–Crippen LogP) is 3.97. The van der Waals surface area contributed by atoms with Gasteiger partial charge in [0.1, 0.15) is 0 Å². The summed E-state index contributed by atoms with van der Waals surface area (Å²) in [7, 11) is 0. The van der Waals surface area contributed by atoms with Gasteiger partial charge < -0.3 is 10.2 Å². The maximum Gasteiger partial charge on any atom is 0.416 e. The van der Waals surface area contributed by atoms with Crippen LogP contribution >= 0.6 is 0 Å². The second-order valence-electron chi connectivity index (χ2n) is 5.84. The number of nitrogens with zero attached hydrogens (tertiary/aromatic N) is 1. The van der Waals surface area contributed by atoms with Crippen molar-refractivity contribution in [2.75, 3.05) is 18.4 Å². The van der Waals surface area contributed by atoms with Crippen LogP contribution in [0.5, 0.6) is 0 Å². The molecule has 0 bridgehead atoms. The Morgan fingerprint density at radius 3 is 2.30 bits per heavy atom. The number of hydrogen-bond acceptors (Lipinski definition) is 1. The minimum Gasteiger partial charge on any atom is -0.324 e. The Hall–Kier alpha value is -1.72. The first-order valence-electron chi connectivity index (χ1n) is 6.41. The van der Waals surface area contributed by atoms with Crippen molar-refractivity contribution in [2.45, 2.75) is 26.4 Å². The van der Waals surface area contributed by atoms with Gasteiger partial charge in [-0.25, -0.2) is 4.79 Å². The van der Waals surface area contributed by atoms with E-state index in [1.807, 2.05) is 0 Å². The van der Waals surface area contributed by atoms with Gasteiger partial charge in [-0.1, -0.05) is 13.8 Å². The van der Waals surface area contributed by atoms with Crippen molar-refractivity contribution in [1.82, 2.24) is 4.90 Å². The smallest absolute Gasteiger partial charge is 0.324 e. The molecule has 1 aromatic rings. The Morgan fingerprint density at radius 1 is 1.25 bits per heavy atom. The number of rotatable bonds is 1. The van der Waals surface area contributed by atoms with E-state index in [1.165, 1.54) is 12.1 Å². The zero-order valence-corrected chi connectivity index (χ0v) is 11.4. The normalized spacial score (nSPS) is 18.1. The molecule has 2 amide bonds. The van der Waals surface area contributed by atoms with Crippen LogP contribution in [0.3, 0.4) is 0 Å². The van der Waals surface area contributed by atoms with Gasteiger partial charge in [-0.3, -0.25) is 0 Å². The van der Waals surface area contributed by atoms with Crippen LogP contribution in [0.15, 0.2) is 24.3 Å². The molecule has 1 aromatic carbocycles. The summed E-state index contributed by atoms with van der Waals surface area (Å²) in [5.74, 6) is 0. The molecule has 0 atom stereocenters. The number of amides is 2. The highest BCUT2D eigenvalue weighted by molar-refractivity contribution is 5.89. The van der Waals surface area contributed by atoms with E-state index in [0.29, 0.717) is 18.8 Å². The Balaban J connectivity index is 1.99. The summed E-state index contributed by atoms with van der Waals surface area (Å²) in [6.07, 6.45) is -3.44. The van der Waals surface area contributed by atoms with Gasteiger partial charge in [0, 0.05) is 18.8 Å². The van der Waals surface area contributed by atoms with Crippen LogP contribution < -0.4 is 5.32 Å². The Bertz CT molecular complexity index is 494. The first-order valence-corrected chi connectivity index (χ1v) is 6.41. The van der Waals surface area contributed by atoms with Gasteiger partial charge in [-0.2, -0.15) is 13.2 Å². The van der Waals surface area contributed by atoms with Crippen molar-refractivity contribution in [3.63, 3.8) is 0 Å². The Kier molecular flexibility index (Phi) is 3.67. The summed E-state index contributed by atoms with van der Waals surface area (Å²) >= 11 is 0.